The van der Waals surface area contributed by atoms with Crippen LogP contribution in [-0.2, 0) is 4.74 Å². The van der Waals surface area contributed by atoms with Crippen LogP contribution in [-0.4, -0.2) is 23.9 Å². The second-order valence-corrected chi connectivity index (χ2v) is 4.66. The second-order valence-electron chi connectivity index (χ2n) is 4.66. The number of nitro benzene ring substituents is 1. The molecule has 0 aliphatic carbocycles. The average molecular weight is 325 g/mol. The summed E-state index contributed by atoms with van der Waals surface area (Å²) in [5, 5.41) is 22.3. The molecule has 0 spiro atoms. The van der Waals surface area contributed by atoms with Crippen molar-refractivity contribution >= 4 is 23.3 Å². The van der Waals surface area contributed by atoms with Crippen molar-refractivity contribution in [3.05, 3.63) is 69.3 Å². The Balaban J connectivity index is 2.37. The Morgan fingerprint density at radius 2 is 1.92 bits per heavy atom. The van der Waals surface area contributed by atoms with Gasteiger partial charge in [0.25, 0.3) is 11.6 Å². The maximum atomic E-state index is 12.3. The van der Waals surface area contributed by atoms with Crippen LogP contribution in [0.4, 0.5) is 11.4 Å². The maximum absolute atomic E-state index is 12.3. The zero-order chi connectivity index (χ0) is 17.7. The van der Waals surface area contributed by atoms with Gasteiger partial charge in [0.1, 0.15) is 0 Å². The molecule has 0 unspecified atom stereocenters. The Morgan fingerprint density at radius 3 is 2.54 bits per heavy atom. The monoisotopic (exact) mass is 325 g/mol. The van der Waals surface area contributed by atoms with Crippen molar-refractivity contribution in [2.75, 3.05) is 12.4 Å². The lowest BCUT2D eigenvalue weighted by atomic mass is 10.1. The topological polar surface area (TPSA) is 122 Å². The van der Waals surface area contributed by atoms with E-state index < -0.39 is 22.5 Å². The van der Waals surface area contributed by atoms with E-state index in [0.717, 1.165) is 19.2 Å². The molecule has 0 saturated carbocycles. The number of amides is 1. The molecule has 0 radical (unpaired) electrons. The predicted octanol–water partition coefficient (Wildman–Crippen LogP) is 2.51. The quantitative estimate of drug-likeness (QED) is 0.523. The van der Waals surface area contributed by atoms with Crippen LogP contribution in [0.1, 0.15) is 26.3 Å². The van der Waals surface area contributed by atoms with E-state index in [1.54, 1.807) is 18.2 Å². The molecule has 2 aromatic rings. The molecule has 0 atom stereocenters. The molecular formula is C16H11N3O5. The highest BCUT2D eigenvalue weighted by Gasteiger charge is 2.18. The molecular weight excluding hydrogens is 314 g/mol. The lowest BCUT2D eigenvalue weighted by Gasteiger charge is -2.07. The lowest BCUT2D eigenvalue weighted by Crippen LogP contribution is -2.14. The summed E-state index contributed by atoms with van der Waals surface area (Å²) in [6, 6.07) is 11.4. The van der Waals surface area contributed by atoms with E-state index in [9.17, 15) is 19.7 Å². The third-order valence-electron chi connectivity index (χ3n) is 3.06. The third kappa shape index (κ3) is 3.72. The van der Waals surface area contributed by atoms with E-state index in [2.05, 4.69) is 10.1 Å². The molecule has 0 saturated heterocycles. The Labute approximate surface area is 136 Å². The largest absolute Gasteiger partial charge is 0.465 e. The summed E-state index contributed by atoms with van der Waals surface area (Å²) in [6.45, 7) is 0. The molecule has 0 bridgehead atoms. The van der Waals surface area contributed by atoms with Gasteiger partial charge >= 0.3 is 5.97 Å². The number of nitro groups is 1. The molecule has 120 valence electrons. The van der Waals surface area contributed by atoms with Crippen LogP contribution < -0.4 is 5.32 Å². The van der Waals surface area contributed by atoms with Gasteiger partial charge in [0.05, 0.1) is 29.2 Å². The van der Waals surface area contributed by atoms with Gasteiger partial charge in [-0.2, -0.15) is 5.26 Å². The fourth-order valence-corrected chi connectivity index (χ4v) is 1.95. The van der Waals surface area contributed by atoms with E-state index in [0.29, 0.717) is 11.3 Å². The Hall–Kier alpha value is -3.73. The van der Waals surface area contributed by atoms with Crippen LogP contribution >= 0.6 is 0 Å². The molecule has 0 aliphatic rings. The van der Waals surface area contributed by atoms with Crippen LogP contribution in [0, 0.1) is 21.4 Å². The number of esters is 1. The summed E-state index contributed by atoms with van der Waals surface area (Å²) in [6.07, 6.45) is 0. The molecule has 2 aromatic carbocycles. The van der Waals surface area contributed by atoms with E-state index in [4.69, 9.17) is 5.26 Å². The van der Waals surface area contributed by atoms with Gasteiger partial charge in [-0.1, -0.05) is 6.07 Å². The van der Waals surface area contributed by atoms with Gasteiger partial charge in [-0.15, -0.1) is 0 Å². The summed E-state index contributed by atoms with van der Waals surface area (Å²) < 4.78 is 4.53. The minimum atomic E-state index is -0.792. The molecule has 0 fully saturated rings. The highest BCUT2D eigenvalue weighted by molar-refractivity contribution is 6.06. The third-order valence-corrected chi connectivity index (χ3v) is 3.06. The fraction of sp³-hybridized carbons (Fsp3) is 0.0625. The summed E-state index contributed by atoms with van der Waals surface area (Å²) in [4.78, 5) is 34.1. The summed E-state index contributed by atoms with van der Waals surface area (Å²) in [5.74, 6) is -1.45. The molecule has 24 heavy (non-hydrogen) atoms. The minimum absolute atomic E-state index is 0.0769. The molecule has 2 rings (SSSR count). The number of benzene rings is 2. The first-order chi connectivity index (χ1) is 11.4. The fourth-order valence-electron chi connectivity index (χ4n) is 1.95. The van der Waals surface area contributed by atoms with Gasteiger partial charge in [-0.3, -0.25) is 14.9 Å². The van der Waals surface area contributed by atoms with E-state index in [1.807, 2.05) is 6.07 Å². The van der Waals surface area contributed by atoms with Crippen molar-refractivity contribution in [3.63, 3.8) is 0 Å². The van der Waals surface area contributed by atoms with Gasteiger partial charge in [0, 0.05) is 23.4 Å². The van der Waals surface area contributed by atoms with E-state index >= 15 is 0 Å². The summed E-state index contributed by atoms with van der Waals surface area (Å²) in [5.41, 5.74) is 0.107. The number of non-ortho nitro benzene ring substituents is 1. The first-order valence-electron chi connectivity index (χ1n) is 6.64. The van der Waals surface area contributed by atoms with Crippen molar-refractivity contribution in [2.45, 2.75) is 0 Å². The van der Waals surface area contributed by atoms with Crippen molar-refractivity contribution in [3.8, 4) is 6.07 Å². The highest BCUT2D eigenvalue weighted by Crippen LogP contribution is 2.19. The first kappa shape index (κ1) is 16.6. The number of nitrogens with one attached hydrogen (secondary N) is 1. The number of anilines is 1. The zero-order valence-corrected chi connectivity index (χ0v) is 12.5. The van der Waals surface area contributed by atoms with Gasteiger partial charge in [-0.05, 0) is 24.3 Å². The average Bonchev–Trinajstić information content (AvgIpc) is 2.60. The van der Waals surface area contributed by atoms with Gasteiger partial charge < -0.3 is 10.1 Å². The molecule has 0 aliphatic heterocycles. The number of hydrogen-bond donors (Lipinski definition) is 1. The SMILES string of the molecule is COC(=O)c1cc(C(=O)Nc2cccc(C#N)c2)cc([N+](=O)[O-])c1. The van der Waals surface area contributed by atoms with Gasteiger partial charge in [-0.25, -0.2) is 4.79 Å². The number of hydrogen-bond acceptors (Lipinski definition) is 6. The Kier molecular flexibility index (Phi) is 4.87. The molecule has 8 heteroatoms. The number of carbonyl (C=O) groups is 2. The number of ether oxygens (including phenoxy) is 1. The van der Waals surface area contributed by atoms with Crippen molar-refractivity contribution < 1.29 is 19.2 Å². The van der Waals surface area contributed by atoms with Crippen LogP contribution in [0.15, 0.2) is 42.5 Å². The van der Waals surface area contributed by atoms with E-state index in [1.165, 1.54) is 12.1 Å². The molecule has 1 N–H and O–H groups in total. The van der Waals surface area contributed by atoms with Gasteiger partial charge in [0.15, 0.2) is 0 Å². The summed E-state index contributed by atoms with van der Waals surface area (Å²) >= 11 is 0. The van der Waals surface area contributed by atoms with Gasteiger partial charge in [0.2, 0.25) is 0 Å². The Morgan fingerprint density at radius 1 is 1.21 bits per heavy atom. The summed E-state index contributed by atoms with van der Waals surface area (Å²) in [7, 11) is 1.13. The minimum Gasteiger partial charge on any atom is -0.465 e. The number of carbonyl (C=O) groups excluding carboxylic acids is 2. The van der Waals surface area contributed by atoms with Crippen molar-refractivity contribution in [1.82, 2.24) is 0 Å². The van der Waals surface area contributed by atoms with Crippen LogP contribution in [0.3, 0.4) is 0 Å². The number of rotatable bonds is 4. The van der Waals surface area contributed by atoms with Crippen LogP contribution in [0.5, 0.6) is 0 Å². The van der Waals surface area contributed by atoms with E-state index in [-0.39, 0.29) is 11.1 Å². The van der Waals surface area contributed by atoms with Crippen LogP contribution in [0.2, 0.25) is 0 Å². The molecule has 0 heterocycles. The van der Waals surface area contributed by atoms with Crippen LogP contribution in [0.25, 0.3) is 0 Å². The van der Waals surface area contributed by atoms with Crippen molar-refractivity contribution in [1.29, 1.82) is 5.26 Å². The number of nitriles is 1. The maximum Gasteiger partial charge on any atom is 0.338 e. The smallest absolute Gasteiger partial charge is 0.338 e. The molecule has 1 amide bonds. The highest BCUT2D eigenvalue weighted by atomic mass is 16.6. The zero-order valence-electron chi connectivity index (χ0n) is 12.5. The lowest BCUT2D eigenvalue weighted by molar-refractivity contribution is -0.384. The standard InChI is InChI=1S/C16H11N3O5/c1-24-16(21)12-6-11(7-14(8-12)19(22)23)15(20)18-13-4-2-3-10(5-13)9-17/h2-8H,1H3,(H,18,20). The number of nitrogens with zero attached hydrogens (tertiary/aromatic N) is 2. The molecule has 8 nitrogen and oxygen atoms in total. The molecule has 0 aromatic heterocycles. The Bertz CT molecular complexity index is 870. The normalized spacial score (nSPS) is 9.67. The number of methoxy groups -OCH3 is 1. The van der Waals surface area contributed by atoms with Crippen molar-refractivity contribution in [2.24, 2.45) is 0 Å². The predicted molar refractivity (Wildman–Crippen MR) is 83.5 cm³/mol. The first-order valence-corrected chi connectivity index (χ1v) is 6.64. The second kappa shape index (κ2) is 7.02.